The molecule has 0 radical (unpaired) electrons. The fourth-order valence-corrected chi connectivity index (χ4v) is 15.4. The number of nitrogens with zero attached hydrogens (tertiary/aromatic N) is 3. The van der Waals surface area contributed by atoms with Gasteiger partial charge in [0.15, 0.2) is 0 Å². The van der Waals surface area contributed by atoms with Gasteiger partial charge in [-0.3, -0.25) is 15.0 Å². The highest BCUT2D eigenvalue weighted by molar-refractivity contribution is 6.09. The van der Waals surface area contributed by atoms with Crippen LogP contribution in [-0.4, -0.2) is 67.8 Å². The zero-order valence-corrected chi connectivity index (χ0v) is 69.0. The molecule has 12 bridgehead atoms. The van der Waals surface area contributed by atoms with Gasteiger partial charge in [-0.2, -0.15) is 0 Å². The average Bonchev–Trinajstić information content (AvgIpc) is 0.801. The lowest BCUT2D eigenvalue weighted by molar-refractivity contribution is 0.0757. The summed E-state index contributed by atoms with van der Waals surface area (Å²) >= 11 is 0. The normalized spacial score (nSPS) is 14.4. The molecule has 0 saturated heterocycles. The second kappa shape index (κ2) is 33.6. The van der Waals surface area contributed by atoms with Crippen LogP contribution in [0.5, 0.6) is 40.2 Å². The lowest BCUT2D eigenvalue weighted by atomic mass is 9.79. The fourth-order valence-electron chi connectivity index (χ4n) is 15.4. The molecule has 0 saturated carbocycles. The number of rotatable bonds is 9. The maximum Gasteiger partial charge on any atom is 0.130 e. The Balaban J connectivity index is 1.04. The smallest absolute Gasteiger partial charge is 0.130 e. The standard InChI is InChI=1S/C101H111N3O9/c1-97(2,3)78-53-68-48-72-57-80(99(7,8)9)58-73(94(72)111-63-83-28-20-23-37-102-83)49-69-54-79(98(4,5)6)56-71-51-75-60-82(101(13,14)15)62-77(96(75)113-65-85-30-22-25-39-104-85)52-76-61-81(100(10,11)12)59-74(95(76)112-64-84-29-21-24-38-103-84)50-70(55-78)92(68)109-46-42-105-40-44-107-88-35-33-66-26-16-18-31-86(66)90(88)91-87-32-19-17-27-67(87)34-36-89(91)108-45-41-106-43-47-110-93(69)71/h16-39,53-62H,40-52,63-65H2,1-15H3. The molecule has 3 aromatic heterocycles. The Labute approximate surface area is 669 Å². The van der Waals surface area contributed by atoms with Crippen molar-refractivity contribution in [3.8, 4) is 51.4 Å². The Morgan fingerprint density at radius 2 is 0.531 bits per heavy atom. The van der Waals surface area contributed by atoms with E-state index in [0.29, 0.717) is 45.3 Å². The molecule has 12 nitrogen and oxygen atoms in total. The average molecular weight is 1510 g/mol. The number of pyridine rings is 3. The van der Waals surface area contributed by atoms with Crippen molar-refractivity contribution in [2.45, 2.75) is 183 Å². The van der Waals surface area contributed by atoms with Crippen LogP contribution in [0.25, 0.3) is 32.7 Å². The molecule has 0 N–H and O–H groups in total. The van der Waals surface area contributed by atoms with Crippen molar-refractivity contribution in [1.82, 2.24) is 15.0 Å². The largest absolute Gasteiger partial charge is 0.491 e. The Morgan fingerprint density at radius 3 is 0.805 bits per heavy atom. The minimum atomic E-state index is -0.310. The number of fused-ring (bicyclic) bond motifs is 11. The zero-order valence-electron chi connectivity index (χ0n) is 69.0. The monoisotopic (exact) mass is 1510 g/mol. The summed E-state index contributed by atoms with van der Waals surface area (Å²) in [7, 11) is 0. The van der Waals surface area contributed by atoms with Crippen LogP contribution in [0, 0.1) is 0 Å². The number of hydrogen-bond acceptors (Lipinski definition) is 12. The molecule has 0 unspecified atom stereocenters. The summed E-state index contributed by atoms with van der Waals surface area (Å²) < 4.78 is 64.8. The van der Waals surface area contributed by atoms with Gasteiger partial charge in [-0.15, -0.1) is 0 Å². The second-order valence-corrected chi connectivity index (χ2v) is 35.5. The summed E-state index contributed by atoms with van der Waals surface area (Å²) in [6.07, 6.45) is 7.81. The molecule has 9 aromatic carbocycles. The molecule has 2 aliphatic rings. The molecule has 1 aliphatic heterocycles. The third kappa shape index (κ3) is 18.9. The molecule has 12 heteroatoms. The number of ether oxygens (including phenoxy) is 9. The summed E-state index contributed by atoms with van der Waals surface area (Å²) in [6, 6.07) is 67.2. The molecule has 0 atom stereocenters. The van der Waals surface area contributed by atoms with Gasteiger partial charge in [-0.1, -0.05) is 243 Å². The van der Waals surface area contributed by atoms with Crippen molar-refractivity contribution < 1.29 is 42.6 Å². The molecule has 12 aromatic rings. The van der Waals surface area contributed by atoms with E-state index in [4.69, 9.17) is 57.6 Å². The van der Waals surface area contributed by atoms with Crippen LogP contribution in [-0.2, 0) is 88.5 Å². The molecule has 4 heterocycles. The molecule has 0 spiro atoms. The zero-order chi connectivity index (χ0) is 79.2. The van der Waals surface area contributed by atoms with Crippen LogP contribution in [0.1, 0.15) is 204 Å². The Bertz CT molecular complexity index is 5050. The molecular weight excluding hydrogens is 1400 g/mol. The van der Waals surface area contributed by atoms with Crippen molar-refractivity contribution in [2.24, 2.45) is 0 Å². The van der Waals surface area contributed by atoms with Gasteiger partial charge in [-0.05, 0) is 181 Å². The van der Waals surface area contributed by atoms with E-state index in [1.807, 2.05) is 73.2 Å². The SMILES string of the molecule is CC(C)(C)c1cc2c3c(c1)Cc1cc(C(C)(C)C)cc(c1OCc1ccccn1)Cc1cc(C(C)(C)C)cc(c1OCc1ccccn1)Cc1cc(C(C)(C)C)cc(c1OCCOCCOc1ccc4ccccc4c1-c1c(ccc4ccccc14)OCCOCCO3)Cc1cc(C(C)(C)C)cc(c1OCc1ccccn1)C2. The third-order valence-corrected chi connectivity index (χ3v) is 21.7. The van der Waals surface area contributed by atoms with E-state index in [0.717, 1.165) is 146 Å². The van der Waals surface area contributed by atoms with Crippen LogP contribution >= 0.6 is 0 Å². The van der Waals surface area contributed by atoms with E-state index >= 15 is 0 Å². The molecule has 0 amide bonds. The number of benzene rings is 9. The van der Waals surface area contributed by atoms with Gasteiger partial charge in [-0.25, -0.2) is 0 Å². The highest BCUT2D eigenvalue weighted by Gasteiger charge is 2.32. The lowest BCUT2D eigenvalue weighted by Gasteiger charge is -2.29. The molecular formula is C101H111N3O9. The van der Waals surface area contributed by atoms with Crippen LogP contribution in [0.4, 0.5) is 0 Å². The van der Waals surface area contributed by atoms with Gasteiger partial charge in [0.2, 0.25) is 0 Å². The van der Waals surface area contributed by atoms with Crippen LogP contribution in [0.3, 0.4) is 0 Å². The van der Waals surface area contributed by atoms with Gasteiger partial charge < -0.3 is 42.6 Å². The Morgan fingerprint density at radius 1 is 0.274 bits per heavy atom. The summed E-state index contributed by atoms with van der Waals surface area (Å²) in [5.74, 6) is 5.38. The molecule has 0 fully saturated rings. The van der Waals surface area contributed by atoms with Gasteiger partial charge in [0, 0.05) is 61.8 Å². The number of hydrogen-bond donors (Lipinski definition) is 0. The van der Waals surface area contributed by atoms with E-state index in [1.54, 1.807) is 0 Å². The van der Waals surface area contributed by atoms with Gasteiger partial charge in [0.1, 0.15) is 86.5 Å². The summed E-state index contributed by atoms with van der Waals surface area (Å²) in [5.41, 5.74) is 18.9. The predicted octanol–water partition coefficient (Wildman–Crippen LogP) is 22.6. The first-order valence-corrected chi connectivity index (χ1v) is 40.3. The molecule has 1 aliphatic carbocycles. The van der Waals surface area contributed by atoms with Gasteiger partial charge >= 0.3 is 0 Å². The third-order valence-electron chi connectivity index (χ3n) is 21.7. The topological polar surface area (TPSA) is 122 Å². The first kappa shape index (κ1) is 79.1. The van der Waals surface area contributed by atoms with E-state index < -0.39 is 0 Å². The van der Waals surface area contributed by atoms with Gasteiger partial charge in [0.25, 0.3) is 0 Å². The van der Waals surface area contributed by atoms with E-state index in [9.17, 15) is 0 Å². The maximum atomic E-state index is 7.55. The highest BCUT2D eigenvalue weighted by Crippen LogP contribution is 2.49. The maximum absolute atomic E-state index is 7.55. The second-order valence-electron chi connectivity index (χ2n) is 35.5. The van der Waals surface area contributed by atoms with Crippen molar-refractivity contribution in [3.05, 3.63) is 307 Å². The van der Waals surface area contributed by atoms with Crippen molar-refractivity contribution >= 4 is 21.5 Å². The molecule has 113 heavy (non-hydrogen) atoms. The van der Waals surface area contributed by atoms with Crippen LogP contribution in [0.2, 0.25) is 0 Å². The highest BCUT2D eigenvalue weighted by atomic mass is 16.6. The predicted molar refractivity (Wildman–Crippen MR) is 456 cm³/mol. The quantitative estimate of drug-likeness (QED) is 0.137. The van der Waals surface area contributed by atoms with E-state index in [2.05, 4.69) is 237 Å². The molecule has 14 rings (SSSR count). The minimum absolute atomic E-state index is 0.233. The molecule has 584 valence electrons. The Hall–Kier alpha value is -10.5. The Kier molecular flexibility index (Phi) is 23.6. The first-order valence-electron chi connectivity index (χ1n) is 40.3. The van der Waals surface area contributed by atoms with Crippen molar-refractivity contribution in [3.63, 3.8) is 0 Å². The lowest BCUT2D eigenvalue weighted by Crippen LogP contribution is -2.18. The summed E-state index contributed by atoms with van der Waals surface area (Å²) in [4.78, 5) is 14.6. The van der Waals surface area contributed by atoms with Crippen molar-refractivity contribution in [2.75, 3.05) is 52.9 Å². The van der Waals surface area contributed by atoms with Gasteiger partial charge in [0.05, 0.1) is 43.5 Å². The number of aromatic nitrogens is 3. The minimum Gasteiger partial charge on any atom is -0.491 e. The van der Waals surface area contributed by atoms with E-state index in [-0.39, 0.29) is 86.5 Å². The van der Waals surface area contributed by atoms with Crippen LogP contribution < -0.4 is 33.2 Å². The van der Waals surface area contributed by atoms with Crippen molar-refractivity contribution in [1.29, 1.82) is 0 Å². The fraction of sp³-hybridized carbons (Fsp3) is 0.356. The first-order chi connectivity index (χ1) is 54.2. The van der Waals surface area contributed by atoms with Crippen LogP contribution in [0.15, 0.2) is 207 Å². The summed E-state index contributed by atoms with van der Waals surface area (Å²) in [5, 5.41) is 4.28. The van der Waals surface area contributed by atoms with E-state index in [1.165, 1.54) is 27.8 Å². The summed E-state index contributed by atoms with van der Waals surface area (Å²) in [6.45, 7) is 37.5.